The Kier molecular flexibility index (Phi) is 6.13. The quantitative estimate of drug-likeness (QED) is 0.764. The Morgan fingerprint density at radius 1 is 1.11 bits per heavy atom. The first-order valence-corrected chi connectivity index (χ1v) is 10.5. The third-order valence-corrected chi connectivity index (χ3v) is 6.23. The summed E-state index contributed by atoms with van der Waals surface area (Å²) in [6.45, 7) is 0.369. The average Bonchev–Trinajstić information content (AvgIpc) is 3.18. The van der Waals surface area contributed by atoms with Crippen LogP contribution in [0.4, 0.5) is 0 Å². The van der Waals surface area contributed by atoms with E-state index in [1.165, 1.54) is 19.2 Å². The van der Waals surface area contributed by atoms with E-state index in [0.717, 1.165) is 31.2 Å². The molecule has 0 unspecified atom stereocenters. The molecule has 144 valence electrons. The molecule has 3 rings (SSSR count). The van der Waals surface area contributed by atoms with Crippen LogP contribution in [0.1, 0.15) is 41.6 Å². The second-order valence-electron chi connectivity index (χ2n) is 6.64. The first-order valence-electron chi connectivity index (χ1n) is 9.02. The van der Waals surface area contributed by atoms with Crippen molar-refractivity contribution in [3.8, 4) is 5.75 Å². The van der Waals surface area contributed by atoms with Crippen LogP contribution in [0.25, 0.3) is 0 Å². The minimum Gasteiger partial charge on any atom is -0.495 e. The molecule has 0 aromatic heterocycles. The SMILES string of the molecule is COc1ccc(C(=O)NCc2ccccc2)cc1S(=O)(=O)NC1CCCC1. The van der Waals surface area contributed by atoms with Gasteiger partial charge in [-0.25, -0.2) is 13.1 Å². The maximum atomic E-state index is 12.8. The largest absolute Gasteiger partial charge is 0.495 e. The van der Waals surface area contributed by atoms with Gasteiger partial charge in [0.1, 0.15) is 10.6 Å². The molecule has 1 fully saturated rings. The molecule has 2 aromatic rings. The van der Waals surface area contributed by atoms with Gasteiger partial charge in [-0.15, -0.1) is 0 Å². The first kappa shape index (κ1) is 19.4. The molecular weight excluding hydrogens is 364 g/mol. The molecule has 1 amide bonds. The number of benzene rings is 2. The van der Waals surface area contributed by atoms with Gasteiger partial charge in [-0.2, -0.15) is 0 Å². The van der Waals surface area contributed by atoms with E-state index < -0.39 is 10.0 Å². The minimum atomic E-state index is -3.76. The van der Waals surface area contributed by atoms with Crippen LogP contribution < -0.4 is 14.8 Å². The second kappa shape index (κ2) is 8.54. The number of rotatable bonds is 7. The van der Waals surface area contributed by atoms with E-state index in [0.29, 0.717) is 6.54 Å². The molecule has 0 heterocycles. The molecule has 0 radical (unpaired) electrons. The fourth-order valence-electron chi connectivity index (χ4n) is 3.23. The summed E-state index contributed by atoms with van der Waals surface area (Å²) in [5, 5.41) is 2.81. The Morgan fingerprint density at radius 2 is 1.81 bits per heavy atom. The van der Waals surface area contributed by atoms with Crippen LogP contribution in [-0.4, -0.2) is 27.5 Å². The van der Waals surface area contributed by atoms with E-state index in [1.807, 2.05) is 30.3 Å². The fourth-order valence-corrected chi connectivity index (χ4v) is 4.73. The molecule has 0 atom stereocenters. The van der Waals surface area contributed by atoms with Crippen LogP contribution in [0.15, 0.2) is 53.4 Å². The Bertz CT molecular complexity index is 891. The highest BCUT2D eigenvalue weighted by Crippen LogP contribution is 2.27. The van der Waals surface area contributed by atoms with Crippen molar-refractivity contribution >= 4 is 15.9 Å². The number of sulfonamides is 1. The maximum Gasteiger partial charge on any atom is 0.251 e. The lowest BCUT2D eigenvalue weighted by atomic mass is 10.2. The highest BCUT2D eigenvalue weighted by Gasteiger charge is 2.26. The summed E-state index contributed by atoms with van der Waals surface area (Å²) in [5.74, 6) is -0.112. The molecule has 2 N–H and O–H groups in total. The van der Waals surface area contributed by atoms with Crippen LogP contribution in [0.2, 0.25) is 0 Å². The maximum absolute atomic E-state index is 12.8. The summed E-state index contributed by atoms with van der Waals surface area (Å²) >= 11 is 0. The lowest BCUT2D eigenvalue weighted by Gasteiger charge is -2.16. The van der Waals surface area contributed by atoms with Crippen molar-refractivity contribution in [1.82, 2.24) is 10.0 Å². The number of methoxy groups -OCH3 is 1. The molecule has 7 heteroatoms. The summed E-state index contributed by atoms with van der Waals surface area (Å²) in [4.78, 5) is 12.5. The van der Waals surface area contributed by atoms with Gasteiger partial charge in [0.25, 0.3) is 5.91 Å². The van der Waals surface area contributed by atoms with Crippen molar-refractivity contribution in [3.63, 3.8) is 0 Å². The normalized spacial score (nSPS) is 14.9. The van der Waals surface area contributed by atoms with Crippen LogP contribution in [0.5, 0.6) is 5.75 Å². The van der Waals surface area contributed by atoms with E-state index in [4.69, 9.17) is 4.74 Å². The predicted octanol–water partition coefficient (Wildman–Crippen LogP) is 2.85. The van der Waals surface area contributed by atoms with E-state index in [9.17, 15) is 13.2 Å². The second-order valence-corrected chi connectivity index (χ2v) is 8.32. The van der Waals surface area contributed by atoms with Crippen molar-refractivity contribution in [1.29, 1.82) is 0 Å². The van der Waals surface area contributed by atoms with Crippen LogP contribution in [0, 0.1) is 0 Å². The first-order chi connectivity index (χ1) is 13.0. The van der Waals surface area contributed by atoms with Gasteiger partial charge in [0, 0.05) is 18.2 Å². The van der Waals surface area contributed by atoms with Crippen molar-refractivity contribution in [2.24, 2.45) is 0 Å². The minimum absolute atomic E-state index is 0.00994. The number of carbonyl (C=O) groups excluding carboxylic acids is 1. The van der Waals surface area contributed by atoms with E-state index >= 15 is 0 Å². The monoisotopic (exact) mass is 388 g/mol. The van der Waals surface area contributed by atoms with E-state index in [2.05, 4.69) is 10.0 Å². The van der Waals surface area contributed by atoms with Crippen LogP contribution >= 0.6 is 0 Å². The lowest BCUT2D eigenvalue weighted by molar-refractivity contribution is 0.0950. The number of ether oxygens (including phenoxy) is 1. The average molecular weight is 388 g/mol. The number of amides is 1. The number of nitrogens with one attached hydrogen (secondary N) is 2. The molecule has 27 heavy (non-hydrogen) atoms. The molecule has 1 aliphatic carbocycles. The highest BCUT2D eigenvalue weighted by atomic mass is 32.2. The smallest absolute Gasteiger partial charge is 0.251 e. The molecule has 6 nitrogen and oxygen atoms in total. The number of hydrogen-bond acceptors (Lipinski definition) is 4. The Morgan fingerprint density at radius 3 is 2.48 bits per heavy atom. The van der Waals surface area contributed by atoms with Crippen molar-refractivity contribution in [2.45, 2.75) is 43.2 Å². The molecule has 0 bridgehead atoms. The predicted molar refractivity (Wildman–Crippen MR) is 103 cm³/mol. The summed E-state index contributed by atoms with van der Waals surface area (Å²) < 4.78 is 33.5. The Labute approximate surface area is 160 Å². The summed E-state index contributed by atoms with van der Waals surface area (Å²) in [6.07, 6.45) is 3.70. The Hall–Kier alpha value is -2.38. The molecular formula is C20H24N2O4S. The molecule has 2 aromatic carbocycles. The third-order valence-electron chi connectivity index (χ3n) is 4.69. The summed E-state index contributed by atoms with van der Waals surface area (Å²) in [5.41, 5.74) is 1.24. The lowest BCUT2D eigenvalue weighted by Crippen LogP contribution is -2.33. The van der Waals surface area contributed by atoms with E-state index in [-0.39, 0.29) is 28.2 Å². The van der Waals surface area contributed by atoms with Gasteiger partial charge < -0.3 is 10.1 Å². The van der Waals surface area contributed by atoms with Gasteiger partial charge in [0.15, 0.2) is 0 Å². The van der Waals surface area contributed by atoms with Gasteiger partial charge in [-0.1, -0.05) is 43.2 Å². The zero-order valence-corrected chi connectivity index (χ0v) is 16.1. The Balaban J connectivity index is 1.79. The van der Waals surface area contributed by atoms with Gasteiger partial charge in [-0.3, -0.25) is 4.79 Å². The van der Waals surface area contributed by atoms with Crippen molar-refractivity contribution < 1.29 is 17.9 Å². The molecule has 1 saturated carbocycles. The van der Waals surface area contributed by atoms with Crippen LogP contribution in [0.3, 0.4) is 0 Å². The molecule has 0 spiro atoms. The van der Waals surface area contributed by atoms with Gasteiger partial charge in [0.2, 0.25) is 10.0 Å². The fraction of sp³-hybridized carbons (Fsp3) is 0.350. The van der Waals surface area contributed by atoms with Crippen LogP contribution in [-0.2, 0) is 16.6 Å². The summed E-state index contributed by atoms with van der Waals surface area (Å²) in [6, 6.07) is 13.9. The third kappa shape index (κ3) is 4.87. The number of hydrogen-bond donors (Lipinski definition) is 2. The zero-order chi connectivity index (χ0) is 19.3. The van der Waals surface area contributed by atoms with Gasteiger partial charge in [0.05, 0.1) is 7.11 Å². The standard InChI is InChI=1S/C20H24N2O4S/c1-26-18-12-11-16(20(23)21-14-15-7-3-2-4-8-15)13-19(18)27(24,25)22-17-9-5-6-10-17/h2-4,7-8,11-13,17,22H,5-6,9-10,14H2,1H3,(H,21,23). The highest BCUT2D eigenvalue weighted by molar-refractivity contribution is 7.89. The van der Waals surface area contributed by atoms with Gasteiger partial charge in [-0.05, 0) is 36.6 Å². The topological polar surface area (TPSA) is 84.5 Å². The van der Waals surface area contributed by atoms with Crippen molar-refractivity contribution in [3.05, 3.63) is 59.7 Å². The zero-order valence-electron chi connectivity index (χ0n) is 15.3. The van der Waals surface area contributed by atoms with Gasteiger partial charge >= 0.3 is 0 Å². The van der Waals surface area contributed by atoms with Crippen molar-refractivity contribution in [2.75, 3.05) is 7.11 Å². The molecule has 0 aliphatic heterocycles. The van der Waals surface area contributed by atoms with E-state index in [1.54, 1.807) is 6.07 Å². The molecule has 1 aliphatic rings. The molecule has 0 saturated heterocycles. The number of carbonyl (C=O) groups is 1. The summed E-state index contributed by atoms with van der Waals surface area (Å²) in [7, 11) is -2.35.